The van der Waals surface area contributed by atoms with E-state index >= 15 is 0 Å². The van der Waals surface area contributed by atoms with E-state index in [0.29, 0.717) is 19.4 Å². The molecule has 3 N–H and O–H groups in total. The minimum atomic E-state index is -0.843. The lowest BCUT2D eigenvalue weighted by Gasteiger charge is -2.20. The number of hydrogen-bond acceptors (Lipinski definition) is 5. The average Bonchev–Trinajstić information content (AvgIpc) is 3.39. The van der Waals surface area contributed by atoms with Crippen molar-refractivity contribution in [3.05, 3.63) is 12.2 Å². The number of nitrogens with one attached hydrogen (secondary N) is 1. The van der Waals surface area contributed by atoms with E-state index in [4.69, 9.17) is 4.74 Å². The predicted octanol–water partition coefficient (Wildman–Crippen LogP) is 21.2. The molecule has 0 saturated carbocycles. The molecule has 0 aliphatic rings. The SMILES string of the molecule is CCCCCCCCCCCCCCCCCCC/C=C/C(O)C(CO)NC(=O)CCCCCCCCCCCCCCCCCCCCCCCCCCOC(=O)CCCCCCCCCCCCCCC. The Hall–Kier alpha value is -1.40. The number of allylic oxidation sites excluding steroid dienone is 1. The third-order valence-corrected chi connectivity index (χ3v) is 15.8. The van der Waals surface area contributed by atoms with Crippen molar-refractivity contribution in [2.24, 2.45) is 0 Å². The second kappa shape index (κ2) is 63.1. The number of carbonyl (C=O) groups is 2. The van der Waals surface area contributed by atoms with Crippen molar-refractivity contribution in [3.63, 3.8) is 0 Å². The van der Waals surface area contributed by atoms with Gasteiger partial charge in [-0.25, -0.2) is 0 Å². The molecule has 0 spiro atoms. The van der Waals surface area contributed by atoms with Crippen LogP contribution in [0, 0.1) is 0 Å². The Morgan fingerprint density at radius 2 is 0.630 bits per heavy atom. The van der Waals surface area contributed by atoms with Gasteiger partial charge in [0.1, 0.15) is 0 Å². The van der Waals surface area contributed by atoms with Gasteiger partial charge in [-0.15, -0.1) is 0 Å². The summed E-state index contributed by atoms with van der Waals surface area (Å²) in [5.41, 5.74) is 0. The summed E-state index contributed by atoms with van der Waals surface area (Å²) in [4.78, 5) is 24.5. The van der Waals surface area contributed by atoms with Gasteiger partial charge in [0.2, 0.25) is 5.91 Å². The summed E-state index contributed by atoms with van der Waals surface area (Å²) in [5, 5.41) is 23.2. The van der Waals surface area contributed by atoms with Crippen molar-refractivity contribution >= 4 is 11.9 Å². The summed E-state index contributed by atoms with van der Waals surface area (Å²) >= 11 is 0. The highest BCUT2D eigenvalue weighted by Gasteiger charge is 2.18. The van der Waals surface area contributed by atoms with Crippen molar-refractivity contribution in [3.8, 4) is 0 Å². The van der Waals surface area contributed by atoms with Gasteiger partial charge in [-0.05, 0) is 32.1 Å². The van der Waals surface area contributed by atoms with Crippen molar-refractivity contribution in [1.29, 1.82) is 0 Å². The summed E-state index contributed by atoms with van der Waals surface area (Å²) in [6, 6.07) is -0.627. The molecular weight excluding hydrogens is 899 g/mol. The van der Waals surface area contributed by atoms with Crippen molar-refractivity contribution in [1.82, 2.24) is 5.32 Å². The molecule has 0 bridgehead atoms. The minimum absolute atomic E-state index is 0.0174. The van der Waals surface area contributed by atoms with Crippen LogP contribution in [0.1, 0.15) is 380 Å². The predicted molar refractivity (Wildman–Crippen MR) is 320 cm³/mol. The Morgan fingerprint density at radius 1 is 0.370 bits per heavy atom. The van der Waals surface area contributed by atoms with E-state index in [9.17, 15) is 19.8 Å². The Kier molecular flexibility index (Phi) is 61.9. The summed E-state index contributed by atoms with van der Waals surface area (Å²) < 4.78 is 5.49. The fraction of sp³-hybridized carbons (Fsp3) is 0.940. The number of unbranched alkanes of at least 4 members (excludes halogenated alkanes) is 52. The zero-order valence-corrected chi connectivity index (χ0v) is 49.6. The van der Waals surface area contributed by atoms with Crippen LogP contribution in [0.4, 0.5) is 0 Å². The third kappa shape index (κ3) is 59.7. The number of rotatable bonds is 63. The Labute approximate surface area is 457 Å². The summed E-state index contributed by atoms with van der Waals surface area (Å²) in [7, 11) is 0. The molecule has 434 valence electrons. The molecule has 6 heteroatoms. The first-order chi connectivity index (χ1) is 36.0. The molecule has 2 unspecified atom stereocenters. The van der Waals surface area contributed by atoms with Gasteiger partial charge in [-0.3, -0.25) is 9.59 Å². The fourth-order valence-electron chi connectivity index (χ4n) is 10.7. The molecular formula is C67H131NO5. The van der Waals surface area contributed by atoms with Gasteiger partial charge < -0.3 is 20.3 Å². The zero-order valence-electron chi connectivity index (χ0n) is 49.6. The Morgan fingerprint density at radius 3 is 0.932 bits per heavy atom. The number of aliphatic hydroxyl groups excluding tert-OH is 2. The van der Waals surface area contributed by atoms with E-state index in [1.807, 2.05) is 6.08 Å². The standard InChI is InChI=1S/C67H131NO5/c1-3-5-7-9-11-13-15-17-18-19-26-29-32-36-39-43-47-51-55-59-65(70)64(63-69)68-66(71)60-56-52-48-44-40-37-33-30-27-24-22-20-21-23-25-28-31-34-38-42-46-50-54-58-62-73-67(72)61-57-53-49-45-41-35-16-14-12-10-8-6-4-2/h55,59,64-65,69-70H,3-54,56-58,60-63H2,1-2H3,(H,68,71)/b59-55+. The van der Waals surface area contributed by atoms with Crippen LogP contribution < -0.4 is 5.32 Å². The van der Waals surface area contributed by atoms with Crippen LogP contribution >= 0.6 is 0 Å². The van der Waals surface area contributed by atoms with Gasteiger partial charge in [0.15, 0.2) is 0 Å². The largest absolute Gasteiger partial charge is 0.466 e. The summed E-state index contributed by atoms with van der Waals surface area (Å²) in [5.74, 6) is -0.0455. The summed E-state index contributed by atoms with van der Waals surface area (Å²) in [6.45, 7) is 4.94. The molecule has 0 rings (SSSR count). The van der Waals surface area contributed by atoms with E-state index in [0.717, 1.165) is 38.5 Å². The van der Waals surface area contributed by atoms with Gasteiger partial charge >= 0.3 is 5.97 Å². The lowest BCUT2D eigenvalue weighted by atomic mass is 10.0. The Balaban J connectivity index is 3.38. The molecule has 1 amide bonds. The molecule has 0 aliphatic carbocycles. The number of ether oxygens (including phenoxy) is 1. The number of amides is 1. The van der Waals surface area contributed by atoms with Crippen LogP contribution in [0.3, 0.4) is 0 Å². The summed E-state index contributed by atoms with van der Waals surface area (Å²) in [6.07, 6.45) is 77.0. The zero-order chi connectivity index (χ0) is 52.9. The second-order valence-electron chi connectivity index (χ2n) is 23.2. The van der Waals surface area contributed by atoms with Crippen LogP contribution in [-0.2, 0) is 14.3 Å². The van der Waals surface area contributed by atoms with Gasteiger partial charge in [0.05, 0.1) is 25.4 Å². The highest BCUT2D eigenvalue weighted by molar-refractivity contribution is 5.76. The molecule has 0 fully saturated rings. The number of esters is 1. The highest BCUT2D eigenvalue weighted by Crippen LogP contribution is 2.19. The number of aliphatic hydroxyl groups is 2. The van der Waals surface area contributed by atoms with E-state index in [1.165, 1.54) is 315 Å². The molecule has 73 heavy (non-hydrogen) atoms. The van der Waals surface area contributed by atoms with E-state index in [1.54, 1.807) is 6.08 Å². The van der Waals surface area contributed by atoms with Crippen molar-refractivity contribution < 1.29 is 24.5 Å². The van der Waals surface area contributed by atoms with Gasteiger partial charge in [-0.1, -0.05) is 347 Å². The maximum absolute atomic E-state index is 12.5. The maximum atomic E-state index is 12.5. The highest BCUT2D eigenvalue weighted by atomic mass is 16.5. The van der Waals surface area contributed by atoms with Crippen LogP contribution in [0.25, 0.3) is 0 Å². The molecule has 0 radical (unpaired) electrons. The number of hydrogen-bond donors (Lipinski definition) is 3. The topological polar surface area (TPSA) is 95.9 Å². The average molecular weight is 1030 g/mol. The quantitative estimate of drug-likeness (QED) is 0.0320. The first-order valence-corrected chi connectivity index (χ1v) is 33.5. The molecule has 0 saturated heterocycles. The lowest BCUT2D eigenvalue weighted by molar-refractivity contribution is -0.143. The van der Waals surface area contributed by atoms with Gasteiger partial charge in [0, 0.05) is 12.8 Å². The molecule has 0 aromatic carbocycles. The van der Waals surface area contributed by atoms with E-state index in [-0.39, 0.29) is 18.5 Å². The second-order valence-corrected chi connectivity index (χ2v) is 23.2. The first kappa shape index (κ1) is 71.6. The fourth-order valence-corrected chi connectivity index (χ4v) is 10.7. The van der Waals surface area contributed by atoms with Gasteiger partial charge in [0.25, 0.3) is 0 Å². The number of carbonyl (C=O) groups excluding carboxylic acids is 2. The van der Waals surface area contributed by atoms with Crippen LogP contribution in [0.15, 0.2) is 12.2 Å². The Bertz CT molecular complexity index is 1100. The molecule has 6 nitrogen and oxygen atoms in total. The van der Waals surface area contributed by atoms with Crippen LogP contribution in [0.5, 0.6) is 0 Å². The van der Waals surface area contributed by atoms with Crippen LogP contribution in [-0.4, -0.2) is 47.4 Å². The smallest absolute Gasteiger partial charge is 0.305 e. The molecule has 0 aromatic heterocycles. The van der Waals surface area contributed by atoms with Crippen LogP contribution in [0.2, 0.25) is 0 Å². The van der Waals surface area contributed by atoms with E-state index in [2.05, 4.69) is 19.2 Å². The minimum Gasteiger partial charge on any atom is -0.466 e. The van der Waals surface area contributed by atoms with Crippen molar-refractivity contribution in [2.75, 3.05) is 13.2 Å². The molecule has 0 aromatic rings. The van der Waals surface area contributed by atoms with Crippen molar-refractivity contribution in [2.45, 2.75) is 392 Å². The van der Waals surface area contributed by atoms with E-state index < -0.39 is 12.1 Å². The lowest BCUT2D eigenvalue weighted by Crippen LogP contribution is -2.45. The monoisotopic (exact) mass is 1030 g/mol. The normalized spacial score (nSPS) is 12.5. The molecule has 2 atom stereocenters. The van der Waals surface area contributed by atoms with Gasteiger partial charge in [-0.2, -0.15) is 0 Å². The molecule has 0 aliphatic heterocycles. The maximum Gasteiger partial charge on any atom is 0.305 e. The first-order valence-electron chi connectivity index (χ1n) is 33.5. The third-order valence-electron chi connectivity index (χ3n) is 15.8. The molecule has 0 heterocycles.